The first kappa shape index (κ1) is 21.2. The van der Waals surface area contributed by atoms with E-state index >= 15 is 0 Å². The highest BCUT2D eigenvalue weighted by Crippen LogP contribution is 2.22. The van der Waals surface area contributed by atoms with Crippen LogP contribution in [0.25, 0.3) is 0 Å². The predicted molar refractivity (Wildman–Crippen MR) is 115 cm³/mol. The zero-order valence-electron chi connectivity index (χ0n) is 17.1. The molecule has 1 aliphatic heterocycles. The van der Waals surface area contributed by atoms with Crippen LogP contribution >= 0.6 is 11.3 Å². The highest BCUT2D eigenvalue weighted by Gasteiger charge is 2.29. The first-order valence-corrected chi connectivity index (χ1v) is 11.1. The molecule has 8 heteroatoms. The summed E-state index contributed by atoms with van der Waals surface area (Å²) in [5.74, 6) is -0.113. The fourth-order valence-corrected chi connectivity index (χ4v) is 4.28. The minimum absolute atomic E-state index is 0.0225. The molecular formula is C21H29N5O2S. The van der Waals surface area contributed by atoms with Crippen LogP contribution in [0, 0.1) is 5.92 Å². The predicted octanol–water partition coefficient (Wildman–Crippen LogP) is 3.44. The summed E-state index contributed by atoms with van der Waals surface area (Å²) in [4.78, 5) is 28.7. The molecule has 29 heavy (non-hydrogen) atoms. The van der Waals surface area contributed by atoms with E-state index in [9.17, 15) is 9.59 Å². The number of urea groups is 1. The Labute approximate surface area is 176 Å². The van der Waals surface area contributed by atoms with Gasteiger partial charge in [0.05, 0.1) is 0 Å². The lowest BCUT2D eigenvalue weighted by Crippen LogP contribution is -2.47. The van der Waals surface area contributed by atoms with E-state index in [0.717, 1.165) is 17.8 Å². The molecule has 3 rings (SSSR count). The van der Waals surface area contributed by atoms with E-state index in [2.05, 4.69) is 27.6 Å². The van der Waals surface area contributed by atoms with Crippen LogP contribution in [0.2, 0.25) is 0 Å². The molecule has 1 N–H and O–H groups in total. The van der Waals surface area contributed by atoms with Gasteiger partial charge in [0.15, 0.2) is 0 Å². The Balaban J connectivity index is 1.45. The number of benzene rings is 1. The Morgan fingerprint density at radius 2 is 1.79 bits per heavy atom. The second kappa shape index (κ2) is 10.3. The summed E-state index contributed by atoms with van der Waals surface area (Å²) in [5, 5.41) is 12.7. The topological polar surface area (TPSA) is 78.4 Å². The van der Waals surface area contributed by atoms with Crippen molar-refractivity contribution in [1.82, 2.24) is 20.0 Å². The molecule has 156 valence electrons. The molecule has 1 saturated heterocycles. The molecule has 1 aromatic heterocycles. The number of piperidine rings is 1. The Kier molecular flexibility index (Phi) is 7.57. The van der Waals surface area contributed by atoms with E-state index in [-0.39, 0.29) is 17.9 Å². The lowest BCUT2D eigenvalue weighted by atomic mass is 9.96. The van der Waals surface area contributed by atoms with Crippen molar-refractivity contribution in [3.8, 4) is 0 Å². The summed E-state index contributed by atoms with van der Waals surface area (Å²) >= 11 is 1.43. The van der Waals surface area contributed by atoms with Crippen LogP contribution < -0.4 is 5.32 Å². The zero-order chi connectivity index (χ0) is 20.6. The monoisotopic (exact) mass is 415 g/mol. The largest absolute Gasteiger partial charge is 0.325 e. The van der Waals surface area contributed by atoms with Gasteiger partial charge >= 0.3 is 6.03 Å². The van der Waals surface area contributed by atoms with Crippen LogP contribution in [0.15, 0.2) is 30.3 Å². The third-order valence-electron chi connectivity index (χ3n) is 5.34. The minimum atomic E-state index is -0.0904. The lowest BCUT2D eigenvalue weighted by molar-refractivity contribution is -0.121. The molecule has 0 bridgehead atoms. The molecule has 2 heterocycles. The second-order valence-corrected chi connectivity index (χ2v) is 8.25. The number of aryl methyl sites for hydroxylation is 2. The quantitative estimate of drug-likeness (QED) is 0.751. The van der Waals surface area contributed by atoms with Gasteiger partial charge in [0.1, 0.15) is 5.01 Å². The summed E-state index contributed by atoms with van der Waals surface area (Å²) in [6.07, 6.45) is 3.07. The van der Waals surface area contributed by atoms with E-state index in [4.69, 9.17) is 0 Å². The van der Waals surface area contributed by atoms with Crippen molar-refractivity contribution in [2.45, 2.75) is 39.5 Å². The Hall–Kier alpha value is -2.48. The molecule has 0 spiro atoms. The Morgan fingerprint density at radius 1 is 1.10 bits per heavy atom. The van der Waals surface area contributed by atoms with Crippen molar-refractivity contribution in [2.75, 3.05) is 31.5 Å². The van der Waals surface area contributed by atoms with Crippen LogP contribution in [0.3, 0.4) is 0 Å². The molecule has 3 amide bonds. The summed E-state index contributed by atoms with van der Waals surface area (Å²) in [6.45, 7) is 6.62. The molecule has 7 nitrogen and oxygen atoms in total. The van der Waals surface area contributed by atoms with E-state index in [1.165, 1.54) is 16.9 Å². The average Bonchev–Trinajstić information content (AvgIpc) is 3.21. The summed E-state index contributed by atoms with van der Waals surface area (Å²) < 4.78 is 0. The summed E-state index contributed by atoms with van der Waals surface area (Å²) in [6, 6.07) is 10.3. The normalized spacial score (nSPS) is 14.6. The molecule has 0 aliphatic carbocycles. The molecule has 0 unspecified atom stereocenters. The van der Waals surface area contributed by atoms with Gasteiger partial charge in [0.2, 0.25) is 11.0 Å². The molecule has 0 saturated carbocycles. The van der Waals surface area contributed by atoms with Gasteiger partial charge in [-0.15, -0.1) is 10.2 Å². The van der Waals surface area contributed by atoms with E-state index in [0.29, 0.717) is 44.2 Å². The van der Waals surface area contributed by atoms with E-state index in [1.54, 1.807) is 0 Å². The number of hydrogen-bond donors (Lipinski definition) is 1. The van der Waals surface area contributed by atoms with Crippen molar-refractivity contribution in [3.05, 3.63) is 40.9 Å². The van der Waals surface area contributed by atoms with Crippen molar-refractivity contribution in [1.29, 1.82) is 0 Å². The van der Waals surface area contributed by atoms with Gasteiger partial charge in [-0.25, -0.2) is 4.79 Å². The van der Waals surface area contributed by atoms with Crippen LogP contribution in [0.4, 0.5) is 9.93 Å². The standard InChI is InChI=1S/C21H29N5O2S/c1-3-25(4-2)21(28)26-14-12-17(13-15-26)19(27)22-20-24-23-18(29-20)11-10-16-8-6-5-7-9-16/h5-9,17H,3-4,10-15H2,1-2H3,(H,22,24,27). The van der Waals surface area contributed by atoms with Crippen molar-refractivity contribution in [2.24, 2.45) is 5.92 Å². The van der Waals surface area contributed by atoms with Crippen molar-refractivity contribution >= 4 is 28.4 Å². The number of anilines is 1. The number of aromatic nitrogens is 2. The van der Waals surface area contributed by atoms with Gasteiger partial charge in [-0.05, 0) is 38.7 Å². The van der Waals surface area contributed by atoms with Gasteiger partial charge < -0.3 is 15.1 Å². The SMILES string of the molecule is CCN(CC)C(=O)N1CCC(C(=O)Nc2nnc(CCc3ccccc3)s2)CC1. The summed E-state index contributed by atoms with van der Waals surface area (Å²) in [5.41, 5.74) is 1.26. The second-order valence-electron chi connectivity index (χ2n) is 7.19. The zero-order valence-corrected chi connectivity index (χ0v) is 18.0. The van der Waals surface area contributed by atoms with Gasteiger partial charge in [-0.3, -0.25) is 4.79 Å². The van der Waals surface area contributed by atoms with Crippen molar-refractivity contribution < 1.29 is 9.59 Å². The van der Waals surface area contributed by atoms with Crippen molar-refractivity contribution in [3.63, 3.8) is 0 Å². The number of likely N-dealkylation sites (tertiary alicyclic amines) is 1. The number of rotatable bonds is 7. The van der Waals surface area contributed by atoms with Gasteiger partial charge in [0.25, 0.3) is 0 Å². The maximum atomic E-state index is 12.6. The van der Waals surface area contributed by atoms with Crippen LogP contribution in [-0.2, 0) is 17.6 Å². The number of amides is 3. The number of carbonyl (C=O) groups is 2. The molecular weight excluding hydrogens is 386 g/mol. The number of carbonyl (C=O) groups excluding carboxylic acids is 2. The number of nitrogens with one attached hydrogen (secondary N) is 1. The molecule has 1 fully saturated rings. The number of hydrogen-bond acceptors (Lipinski definition) is 5. The fourth-order valence-electron chi connectivity index (χ4n) is 3.54. The van der Waals surface area contributed by atoms with Crippen LogP contribution in [0.5, 0.6) is 0 Å². The van der Waals surface area contributed by atoms with E-state index < -0.39 is 0 Å². The lowest BCUT2D eigenvalue weighted by Gasteiger charge is -2.34. The van der Waals surface area contributed by atoms with Crippen LogP contribution in [-0.4, -0.2) is 58.1 Å². The number of nitrogens with zero attached hydrogens (tertiary/aromatic N) is 4. The third-order valence-corrected chi connectivity index (χ3v) is 6.24. The average molecular weight is 416 g/mol. The molecule has 0 atom stereocenters. The maximum Gasteiger partial charge on any atom is 0.319 e. The Morgan fingerprint density at radius 3 is 2.45 bits per heavy atom. The minimum Gasteiger partial charge on any atom is -0.325 e. The molecule has 0 radical (unpaired) electrons. The maximum absolute atomic E-state index is 12.6. The molecule has 1 aromatic carbocycles. The fraction of sp³-hybridized carbons (Fsp3) is 0.524. The molecule has 2 aromatic rings. The van der Waals surface area contributed by atoms with Gasteiger partial charge in [-0.1, -0.05) is 41.7 Å². The highest BCUT2D eigenvalue weighted by molar-refractivity contribution is 7.15. The first-order chi connectivity index (χ1) is 14.1. The first-order valence-electron chi connectivity index (χ1n) is 10.3. The van der Waals surface area contributed by atoms with Gasteiger partial charge in [-0.2, -0.15) is 0 Å². The third kappa shape index (κ3) is 5.76. The van der Waals surface area contributed by atoms with E-state index in [1.807, 2.05) is 41.8 Å². The summed E-state index contributed by atoms with van der Waals surface area (Å²) in [7, 11) is 0. The van der Waals surface area contributed by atoms with Gasteiger partial charge in [0, 0.05) is 38.5 Å². The Bertz CT molecular complexity index is 798. The smallest absolute Gasteiger partial charge is 0.319 e. The van der Waals surface area contributed by atoms with Crippen LogP contribution in [0.1, 0.15) is 37.3 Å². The highest BCUT2D eigenvalue weighted by atomic mass is 32.1. The molecule has 1 aliphatic rings.